The maximum Gasteiger partial charge on any atom is 0.244 e. The largest absolute Gasteiger partial charge is 0.495 e. The summed E-state index contributed by atoms with van der Waals surface area (Å²) >= 11 is 0. The molecule has 9 heteroatoms. The number of carbonyl (C=O) groups excluding carboxylic acids is 2. The molecule has 3 rings (SSSR count). The van der Waals surface area contributed by atoms with Crippen molar-refractivity contribution in [1.82, 2.24) is 10.2 Å². The number of nitrogens with one attached hydrogen (secondary N) is 1. The number of ether oxygens (including phenoxy) is 1. The molecule has 0 spiro atoms. The molecule has 2 amide bonds. The lowest BCUT2D eigenvalue weighted by Crippen LogP contribution is -2.54. The number of anilines is 1. The van der Waals surface area contributed by atoms with Crippen LogP contribution in [0, 0.1) is 6.92 Å². The fraction of sp³-hybridized carbons (Fsp3) is 0.500. The number of nitrogens with zero attached hydrogens (tertiary/aromatic N) is 2. The second-order valence-electron chi connectivity index (χ2n) is 9.72. The van der Waals surface area contributed by atoms with Gasteiger partial charge in [-0.1, -0.05) is 68.1 Å². The molecule has 1 saturated carbocycles. The Bertz CT molecular complexity index is 1180. The molecule has 1 unspecified atom stereocenters. The van der Waals surface area contributed by atoms with Crippen molar-refractivity contribution < 1.29 is 22.7 Å². The van der Waals surface area contributed by atoms with Crippen LogP contribution in [0.15, 0.2) is 48.5 Å². The molecule has 0 aliphatic heterocycles. The van der Waals surface area contributed by atoms with Crippen molar-refractivity contribution in [3.63, 3.8) is 0 Å². The first kappa shape index (κ1) is 28.5. The highest BCUT2D eigenvalue weighted by molar-refractivity contribution is 7.92. The van der Waals surface area contributed by atoms with Gasteiger partial charge in [0, 0.05) is 12.6 Å². The molecular formula is C28H39N3O5S. The summed E-state index contributed by atoms with van der Waals surface area (Å²) in [5.41, 5.74) is 2.19. The van der Waals surface area contributed by atoms with E-state index in [1.807, 2.05) is 38.1 Å². The van der Waals surface area contributed by atoms with Gasteiger partial charge >= 0.3 is 0 Å². The standard InChI is InChI=1S/C28H39N3O5S/c1-5-24(28(33)29-23-14-7-6-8-15-23)30(19-22-13-11-12-21(2)18-22)27(32)20-31(37(4,34)35)25-16-9-10-17-26(25)36-3/h9-13,16-18,23-24H,5-8,14-15,19-20H2,1-4H3,(H,29,33). The van der Waals surface area contributed by atoms with E-state index in [-0.39, 0.29) is 24.2 Å². The molecule has 2 aromatic carbocycles. The Hall–Kier alpha value is -3.07. The third-order valence-corrected chi connectivity index (χ3v) is 7.93. The van der Waals surface area contributed by atoms with Crippen molar-refractivity contribution >= 4 is 27.5 Å². The summed E-state index contributed by atoms with van der Waals surface area (Å²) in [6, 6.07) is 13.8. The molecule has 0 heterocycles. The van der Waals surface area contributed by atoms with Crippen LogP contribution in [0.1, 0.15) is 56.6 Å². The van der Waals surface area contributed by atoms with Crippen LogP contribution in [0.25, 0.3) is 0 Å². The zero-order valence-electron chi connectivity index (χ0n) is 22.3. The van der Waals surface area contributed by atoms with Crippen LogP contribution < -0.4 is 14.4 Å². The van der Waals surface area contributed by atoms with Gasteiger partial charge in [-0.15, -0.1) is 0 Å². The first-order valence-electron chi connectivity index (χ1n) is 12.9. The van der Waals surface area contributed by atoms with E-state index in [4.69, 9.17) is 4.74 Å². The maximum absolute atomic E-state index is 13.9. The summed E-state index contributed by atoms with van der Waals surface area (Å²) in [7, 11) is -2.38. The third kappa shape index (κ3) is 7.71. The van der Waals surface area contributed by atoms with Crippen LogP contribution in [0.2, 0.25) is 0 Å². The van der Waals surface area contributed by atoms with E-state index in [1.54, 1.807) is 24.3 Å². The molecule has 37 heavy (non-hydrogen) atoms. The summed E-state index contributed by atoms with van der Waals surface area (Å²) in [5, 5.41) is 3.15. The lowest BCUT2D eigenvalue weighted by Gasteiger charge is -2.34. The molecule has 202 valence electrons. The van der Waals surface area contributed by atoms with Crippen LogP contribution in [-0.2, 0) is 26.2 Å². The number of para-hydroxylation sites is 2. The van der Waals surface area contributed by atoms with E-state index in [2.05, 4.69) is 5.32 Å². The molecule has 0 radical (unpaired) electrons. The van der Waals surface area contributed by atoms with E-state index >= 15 is 0 Å². The summed E-state index contributed by atoms with van der Waals surface area (Å²) in [5.74, 6) is -0.310. The Morgan fingerprint density at radius 1 is 1.08 bits per heavy atom. The molecule has 0 bridgehead atoms. The van der Waals surface area contributed by atoms with Gasteiger partial charge in [0.05, 0.1) is 19.1 Å². The van der Waals surface area contributed by atoms with E-state index in [0.29, 0.717) is 12.2 Å². The smallest absolute Gasteiger partial charge is 0.244 e. The zero-order valence-corrected chi connectivity index (χ0v) is 23.1. The summed E-state index contributed by atoms with van der Waals surface area (Å²) < 4.78 is 32.0. The average molecular weight is 530 g/mol. The fourth-order valence-corrected chi connectivity index (χ4v) is 5.75. The maximum atomic E-state index is 13.9. The Morgan fingerprint density at radius 3 is 2.41 bits per heavy atom. The van der Waals surface area contributed by atoms with Gasteiger partial charge in [0.1, 0.15) is 18.3 Å². The zero-order chi connectivity index (χ0) is 27.0. The number of hydrogen-bond acceptors (Lipinski definition) is 5. The number of methoxy groups -OCH3 is 1. The first-order valence-corrected chi connectivity index (χ1v) is 14.7. The highest BCUT2D eigenvalue weighted by Gasteiger charge is 2.33. The normalized spacial score (nSPS) is 15.0. The van der Waals surface area contributed by atoms with Gasteiger partial charge in [0.15, 0.2) is 0 Å². The van der Waals surface area contributed by atoms with Gasteiger partial charge in [-0.05, 0) is 43.9 Å². The second-order valence-corrected chi connectivity index (χ2v) is 11.6. The molecular weight excluding hydrogens is 490 g/mol. The van der Waals surface area contributed by atoms with Gasteiger partial charge in [-0.3, -0.25) is 13.9 Å². The van der Waals surface area contributed by atoms with Crippen LogP contribution >= 0.6 is 0 Å². The highest BCUT2D eigenvalue weighted by atomic mass is 32.2. The van der Waals surface area contributed by atoms with Crippen molar-refractivity contribution in [2.45, 2.75) is 71.0 Å². The SMILES string of the molecule is CCC(C(=O)NC1CCCCC1)N(Cc1cccc(C)c1)C(=O)CN(c1ccccc1OC)S(C)(=O)=O. The molecule has 0 aromatic heterocycles. The number of sulfonamides is 1. The molecule has 1 aliphatic rings. The fourth-order valence-electron chi connectivity index (χ4n) is 4.90. The van der Waals surface area contributed by atoms with Crippen molar-refractivity contribution in [3.8, 4) is 5.75 Å². The Morgan fingerprint density at radius 2 is 1.78 bits per heavy atom. The lowest BCUT2D eigenvalue weighted by atomic mass is 9.95. The number of carbonyl (C=O) groups is 2. The van der Waals surface area contributed by atoms with Crippen LogP contribution in [0.4, 0.5) is 5.69 Å². The summed E-state index contributed by atoms with van der Waals surface area (Å²) in [6.45, 7) is 3.59. The monoisotopic (exact) mass is 529 g/mol. The molecule has 0 saturated heterocycles. The van der Waals surface area contributed by atoms with Gasteiger partial charge in [0.2, 0.25) is 21.8 Å². The second kappa shape index (κ2) is 12.9. The molecule has 8 nitrogen and oxygen atoms in total. The van der Waals surface area contributed by atoms with E-state index in [9.17, 15) is 18.0 Å². The third-order valence-electron chi connectivity index (χ3n) is 6.81. The number of rotatable bonds is 11. The number of hydrogen-bond donors (Lipinski definition) is 1. The van der Waals surface area contributed by atoms with E-state index < -0.39 is 28.5 Å². The minimum Gasteiger partial charge on any atom is -0.495 e. The van der Waals surface area contributed by atoms with Crippen molar-refractivity contribution in [2.24, 2.45) is 0 Å². The molecule has 2 aromatic rings. The molecule has 1 fully saturated rings. The van der Waals surface area contributed by atoms with Gasteiger partial charge in [0.25, 0.3) is 0 Å². The molecule has 1 atom stereocenters. The van der Waals surface area contributed by atoms with Gasteiger partial charge in [-0.25, -0.2) is 8.42 Å². The van der Waals surface area contributed by atoms with E-state index in [1.165, 1.54) is 18.4 Å². The summed E-state index contributed by atoms with van der Waals surface area (Å²) in [4.78, 5) is 28.8. The quantitative estimate of drug-likeness (QED) is 0.474. The first-order chi connectivity index (χ1) is 17.6. The van der Waals surface area contributed by atoms with Gasteiger partial charge < -0.3 is 15.0 Å². The van der Waals surface area contributed by atoms with Crippen molar-refractivity contribution in [2.75, 3.05) is 24.2 Å². The average Bonchev–Trinajstić information content (AvgIpc) is 2.87. The van der Waals surface area contributed by atoms with Crippen LogP contribution in [0.5, 0.6) is 5.75 Å². The van der Waals surface area contributed by atoms with Crippen LogP contribution in [-0.4, -0.2) is 57.1 Å². The number of benzene rings is 2. The Kier molecular flexibility index (Phi) is 9.97. The molecule has 1 N–H and O–H groups in total. The van der Waals surface area contributed by atoms with Crippen molar-refractivity contribution in [1.29, 1.82) is 0 Å². The summed E-state index contributed by atoms with van der Waals surface area (Å²) in [6.07, 6.45) is 6.67. The van der Waals surface area contributed by atoms with E-state index in [0.717, 1.165) is 47.4 Å². The minimum absolute atomic E-state index is 0.104. The molecule has 1 aliphatic carbocycles. The number of amides is 2. The predicted octanol–water partition coefficient (Wildman–Crippen LogP) is 4.03. The van der Waals surface area contributed by atoms with Crippen molar-refractivity contribution in [3.05, 3.63) is 59.7 Å². The Labute approximate surface area is 221 Å². The highest BCUT2D eigenvalue weighted by Crippen LogP contribution is 2.30. The Balaban J connectivity index is 1.94. The van der Waals surface area contributed by atoms with Gasteiger partial charge in [-0.2, -0.15) is 0 Å². The topological polar surface area (TPSA) is 96.0 Å². The lowest BCUT2D eigenvalue weighted by molar-refractivity contribution is -0.140. The minimum atomic E-state index is -3.83. The number of aryl methyl sites for hydroxylation is 1. The van der Waals surface area contributed by atoms with Crippen LogP contribution in [0.3, 0.4) is 0 Å². The predicted molar refractivity (Wildman–Crippen MR) is 146 cm³/mol.